The van der Waals surface area contributed by atoms with Gasteiger partial charge in [-0.1, -0.05) is 28.1 Å². The topological polar surface area (TPSA) is 64.0 Å². The fraction of sp³-hybridized carbons (Fsp3) is 0.0455. The highest BCUT2D eigenvalue weighted by molar-refractivity contribution is 9.10. The molecule has 4 aromatic rings. The lowest BCUT2D eigenvalue weighted by atomic mass is 10.1. The maximum Gasteiger partial charge on any atom is 0.265 e. The van der Waals surface area contributed by atoms with Gasteiger partial charge < -0.3 is 5.32 Å². The van der Waals surface area contributed by atoms with E-state index in [4.69, 9.17) is 0 Å². The van der Waals surface area contributed by atoms with Crippen LogP contribution in [0.2, 0.25) is 0 Å². The predicted octanol–water partition coefficient (Wildman–Crippen LogP) is 4.74. The van der Waals surface area contributed by atoms with Crippen LogP contribution in [-0.4, -0.2) is 15.5 Å². The summed E-state index contributed by atoms with van der Waals surface area (Å²) in [5.41, 5.74) is 0.277. The van der Waals surface area contributed by atoms with Crippen molar-refractivity contribution in [3.05, 3.63) is 104 Å². The van der Waals surface area contributed by atoms with E-state index < -0.39 is 23.1 Å². The molecule has 8 heteroatoms. The molecule has 2 aromatic carbocycles. The van der Waals surface area contributed by atoms with Crippen LogP contribution in [0.3, 0.4) is 0 Å². The van der Waals surface area contributed by atoms with Crippen molar-refractivity contribution in [3.8, 4) is 0 Å². The summed E-state index contributed by atoms with van der Waals surface area (Å²) in [6, 6.07) is 14.7. The molecule has 0 unspecified atom stereocenters. The number of anilines is 1. The third-order valence-electron chi connectivity index (χ3n) is 4.53. The van der Waals surface area contributed by atoms with Crippen molar-refractivity contribution in [2.45, 2.75) is 6.54 Å². The molecule has 0 aliphatic heterocycles. The molecular formula is C22H14BrF2N3O2. The maximum atomic E-state index is 14.1. The molecule has 1 amide bonds. The summed E-state index contributed by atoms with van der Waals surface area (Å²) >= 11 is 3.16. The van der Waals surface area contributed by atoms with Gasteiger partial charge in [-0.05, 0) is 54.1 Å². The molecule has 0 radical (unpaired) electrons. The van der Waals surface area contributed by atoms with E-state index in [1.54, 1.807) is 36.5 Å². The summed E-state index contributed by atoms with van der Waals surface area (Å²) in [7, 11) is 0. The first kappa shape index (κ1) is 19.9. The Morgan fingerprint density at radius 3 is 2.57 bits per heavy atom. The highest BCUT2D eigenvalue weighted by Crippen LogP contribution is 2.20. The fourth-order valence-electron chi connectivity index (χ4n) is 3.07. The van der Waals surface area contributed by atoms with Gasteiger partial charge in [0.25, 0.3) is 11.5 Å². The molecule has 0 aliphatic rings. The van der Waals surface area contributed by atoms with E-state index in [0.717, 1.165) is 0 Å². The lowest BCUT2D eigenvalue weighted by Gasteiger charge is -2.13. The van der Waals surface area contributed by atoms with Crippen molar-refractivity contribution < 1.29 is 13.6 Å². The van der Waals surface area contributed by atoms with Gasteiger partial charge in [-0.3, -0.25) is 14.2 Å². The van der Waals surface area contributed by atoms with Crippen molar-refractivity contribution >= 4 is 38.6 Å². The maximum absolute atomic E-state index is 14.1. The van der Waals surface area contributed by atoms with Crippen LogP contribution in [0.1, 0.15) is 15.9 Å². The van der Waals surface area contributed by atoms with Gasteiger partial charge in [-0.15, -0.1) is 0 Å². The minimum Gasteiger partial charge on any atom is -0.319 e. The highest BCUT2D eigenvalue weighted by Gasteiger charge is 2.18. The number of benzene rings is 2. The number of hydrogen-bond acceptors (Lipinski definition) is 3. The van der Waals surface area contributed by atoms with Crippen molar-refractivity contribution in [2.24, 2.45) is 0 Å². The van der Waals surface area contributed by atoms with Crippen LogP contribution in [0.15, 0.2) is 76.1 Å². The van der Waals surface area contributed by atoms with Gasteiger partial charge in [-0.25, -0.2) is 13.8 Å². The van der Waals surface area contributed by atoms with Gasteiger partial charge in [0.2, 0.25) is 0 Å². The Labute approximate surface area is 178 Å². The van der Waals surface area contributed by atoms with Crippen LogP contribution in [0, 0.1) is 11.6 Å². The van der Waals surface area contributed by atoms with Gasteiger partial charge >= 0.3 is 0 Å². The van der Waals surface area contributed by atoms with Crippen LogP contribution in [-0.2, 0) is 6.54 Å². The second kappa shape index (κ2) is 8.16. The van der Waals surface area contributed by atoms with E-state index in [1.807, 2.05) is 0 Å². The van der Waals surface area contributed by atoms with Gasteiger partial charge in [0, 0.05) is 16.1 Å². The number of rotatable bonds is 4. The average molecular weight is 470 g/mol. The highest BCUT2D eigenvalue weighted by atomic mass is 79.9. The number of fused-ring (bicyclic) bond motifs is 1. The minimum atomic E-state index is -0.736. The number of nitrogens with one attached hydrogen (secondary N) is 1. The lowest BCUT2D eigenvalue weighted by Crippen LogP contribution is -2.30. The number of aromatic nitrogens is 2. The molecule has 4 rings (SSSR count). The zero-order valence-electron chi connectivity index (χ0n) is 15.4. The Bertz CT molecular complexity index is 1320. The fourth-order valence-corrected chi connectivity index (χ4v) is 3.40. The van der Waals surface area contributed by atoms with Crippen LogP contribution < -0.4 is 10.9 Å². The van der Waals surface area contributed by atoms with Gasteiger partial charge in [-0.2, -0.15) is 0 Å². The van der Waals surface area contributed by atoms with E-state index in [-0.39, 0.29) is 17.8 Å². The van der Waals surface area contributed by atoms with Crippen LogP contribution in [0.4, 0.5) is 14.5 Å². The number of nitrogens with zero attached hydrogens (tertiary/aromatic N) is 2. The summed E-state index contributed by atoms with van der Waals surface area (Å²) < 4.78 is 29.2. The largest absolute Gasteiger partial charge is 0.319 e. The number of pyridine rings is 2. The van der Waals surface area contributed by atoms with Gasteiger partial charge in [0.15, 0.2) is 0 Å². The zero-order valence-corrected chi connectivity index (χ0v) is 17.0. The molecule has 1 N–H and O–H groups in total. The second-order valence-electron chi connectivity index (χ2n) is 6.57. The molecule has 150 valence electrons. The third-order valence-corrected chi connectivity index (χ3v) is 5.02. The van der Waals surface area contributed by atoms with Crippen LogP contribution in [0.5, 0.6) is 0 Å². The average Bonchev–Trinajstić information content (AvgIpc) is 2.73. The van der Waals surface area contributed by atoms with Crippen molar-refractivity contribution in [2.75, 3.05) is 5.32 Å². The smallest absolute Gasteiger partial charge is 0.265 e. The lowest BCUT2D eigenvalue weighted by molar-refractivity contribution is 0.102. The second-order valence-corrected chi connectivity index (χ2v) is 7.49. The third kappa shape index (κ3) is 3.99. The summed E-state index contributed by atoms with van der Waals surface area (Å²) in [5, 5.41) is 3.01. The molecule has 2 aromatic heterocycles. The first-order valence-corrected chi connectivity index (χ1v) is 9.71. The molecule has 5 nitrogen and oxygen atoms in total. The van der Waals surface area contributed by atoms with Gasteiger partial charge in [0.05, 0.1) is 12.2 Å². The van der Waals surface area contributed by atoms with Crippen molar-refractivity contribution in [1.29, 1.82) is 0 Å². The SMILES string of the molecule is O=C(Nc1ccc(Br)cc1F)c1cc2cccnc2n(Cc2ccc(F)cc2)c1=O. The Hall–Kier alpha value is -3.39. The molecular weight excluding hydrogens is 456 g/mol. The molecule has 0 aliphatic carbocycles. The molecule has 0 saturated carbocycles. The number of carbonyl (C=O) groups is 1. The Morgan fingerprint density at radius 2 is 1.83 bits per heavy atom. The molecule has 2 heterocycles. The summed E-state index contributed by atoms with van der Waals surface area (Å²) in [5.74, 6) is -1.76. The normalized spacial score (nSPS) is 10.9. The quantitative estimate of drug-likeness (QED) is 0.469. The minimum absolute atomic E-state index is 0.0426. The Balaban J connectivity index is 1.78. The van der Waals surface area contributed by atoms with Crippen molar-refractivity contribution in [3.63, 3.8) is 0 Å². The van der Waals surface area contributed by atoms with Crippen molar-refractivity contribution in [1.82, 2.24) is 9.55 Å². The van der Waals surface area contributed by atoms with E-state index in [2.05, 4.69) is 26.2 Å². The number of halogens is 3. The number of carbonyl (C=O) groups excluding carboxylic acids is 1. The van der Waals surface area contributed by atoms with E-state index >= 15 is 0 Å². The number of amides is 1. The number of hydrogen-bond donors (Lipinski definition) is 1. The van der Waals surface area contributed by atoms with Crippen LogP contribution in [0.25, 0.3) is 11.0 Å². The molecule has 0 atom stereocenters. The first-order valence-electron chi connectivity index (χ1n) is 8.92. The van der Waals surface area contributed by atoms with Crippen LogP contribution >= 0.6 is 15.9 Å². The molecule has 30 heavy (non-hydrogen) atoms. The predicted molar refractivity (Wildman–Crippen MR) is 114 cm³/mol. The Kier molecular flexibility index (Phi) is 5.41. The summed E-state index contributed by atoms with van der Waals surface area (Å²) in [6.45, 7) is 0.0976. The molecule has 0 bridgehead atoms. The standard InChI is InChI=1S/C22H14BrF2N3O2/c23-15-5-8-19(18(25)11-15)27-21(29)17-10-14-2-1-9-26-20(14)28(22(17)30)12-13-3-6-16(24)7-4-13/h1-11H,12H2,(H,27,29). The first-order chi connectivity index (χ1) is 14.4. The van der Waals surface area contributed by atoms with E-state index in [0.29, 0.717) is 21.1 Å². The zero-order chi connectivity index (χ0) is 21.3. The van der Waals surface area contributed by atoms with E-state index in [1.165, 1.54) is 34.9 Å². The van der Waals surface area contributed by atoms with E-state index in [9.17, 15) is 18.4 Å². The Morgan fingerprint density at radius 1 is 1.07 bits per heavy atom. The molecule has 0 spiro atoms. The van der Waals surface area contributed by atoms with Gasteiger partial charge in [0.1, 0.15) is 22.8 Å². The monoisotopic (exact) mass is 469 g/mol. The summed E-state index contributed by atoms with van der Waals surface area (Å²) in [4.78, 5) is 30.2. The molecule has 0 saturated heterocycles. The summed E-state index contributed by atoms with van der Waals surface area (Å²) in [6.07, 6.45) is 1.54. The molecule has 0 fully saturated rings.